The van der Waals surface area contributed by atoms with Gasteiger partial charge in [0.1, 0.15) is 5.69 Å². The quantitative estimate of drug-likeness (QED) is 0.471. The Labute approximate surface area is 173 Å². The summed E-state index contributed by atoms with van der Waals surface area (Å²) >= 11 is 6.29. The highest BCUT2D eigenvalue weighted by molar-refractivity contribution is 8.22. The number of rotatable bonds is 5. The van der Waals surface area contributed by atoms with Crippen LogP contribution in [0.4, 0.5) is 0 Å². The molecule has 0 aliphatic carbocycles. The minimum Gasteiger partial charge on any atom is -0.439 e. The Bertz CT molecular complexity index is 1080. The first-order chi connectivity index (χ1) is 13.3. The molecular formula is C19H18N2O4S3. The van der Waals surface area contributed by atoms with Crippen LogP contribution in [0.25, 0.3) is 22.6 Å². The van der Waals surface area contributed by atoms with E-state index in [-0.39, 0.29) is 4.90 Å². The van der Waals surface area contributed by atoms with E-state index in [4.69, 9.17) is 16.6 Å². The second kappa shape index (κ2) is 8.44. The third kappa shape index (κ3) is 4.79. The maximum atomic E-state index is 11.7. The number of nitrogens with zero attached hydrogens (tertiary/aromatic N) is 2. The first-order valence-corrected chi connectivity index (χ1v) is 11.5. The fourth-order valence-corrected chi connectivity index (χ4v) is 3.85. The van der Waals surface area contributed by atoms with E-state index >= 15 is 0 Å². The molecule has 1 heterocycles. The molecular weight excluding hydrogens is 416 g/mol. The Balaban J connectivity index is 2.00. The highest BCUT2D eigenvalue weighted by Gasteiger charge is 2.18. The van der Waals surface area contributed by atoms with E-state index in [0.717, 1.165) is 16.2 Å². The molecule has 0 fully saturated rings. The van der Waals surface area contributed by atoms with Gasteiger partial charge in [-0.3, -0.25) is 5.21 Å². The van der Waals surface area contributed by atoms with Gasteiger partial charge in [0.15, 0.2) is 19.9 Å². The van der Waals surface area contributed by atoms with Crippen molar-refractivity contribution in [3.63, 3.8) is 0 Å². The van der Waals surface area contributed by atoms with Crippen molar-refractivity contribution >= 4 is 38.1 Å². The molecule has 0 saturated carbocycles. The molecule has 6 nitrogen and oxygen atoms in total. The smallest absolute Gasteiger partial charge is 0.205 e. The van der Waals surface area contributed by atoms with Crippen LogP contribution in [0.5, 0.6) is 0 Å². The first kappa shape index (κ1) is 20.5. The van der Waals surface area contributed by atoms with E-state index in [1.165, 1.54) is 25.1 Å². The average Bonchev–Trinajstić information content (AvgIpc) is 3.10. The zero-order chi connectivity index (χ0) is 20.3. The lowest BCUT2D eigenvalue weighted by Crippen LogP contribution is -2.17. The highest BCUT2D eigenvalue weighted by atomic mass is 32.2. The van der Waals surface area contributed by atoms with Crippen LogP contribution in [0.1, 0.15) is 5.89 Å². The van der Waals surface area contributed by atoms with Crippen molar-refractivity contribution in [3.05, 3.63) is 60.5 Å². The number of oxazole rings is 1. The van der Waals surface area contributed by atoms with Crippen LogP contribution in [-0.2, 0) is 15.6 Å². The largest absolute Gasteiger partial charge is 0.439 e. The molecule has 0 aliphatic heterocycles. The number of hydrogen-bond acceptors (Lipinski definition) is 7. The predicted octanol–water partition coefficient (Wildman–Crippen LogP) is 4.25. The van der Waals surface area contributed by atoms with Crippen molar-refractivity contribution in [2.24, 2.45) is 0 Å². The van der Waals surface area contributed by atoms with Crippen LogP contribution in [0.15, 0.2) is 63.9 Å². The molecule has 3 rings (SSSR count). The second-order valence-corrected chi connectivity index (χ2v) is 9.65. The van der Waals surface area contributed by atoms with Crippen molar-refractivity contribution in [2.75, 3.05) is 13.3 Å². The summed E-state index contributed by atoms with van der Waals surface area (Å²) in [5.74, 6) is 1.40. The fraction of sp³-hybridized carbons (Fsp3) is 0.158. The Morgan fingerprint density at radius 1 is 1.14 bits per heavy atom. The summed E-state index contributed by atoms with van der Waals surface area (Å²) < 4.78 is 29.7. The SMILES string of the molecule is CN(O)C(=S)SCc1nc(-c2ccc(S(C)(=O)=O)cc2)c(-c2ccccc2)o1. The summed E-state index contributed by atoms with van der Waals surface area (Å²) in [6.45, 7) is 0. The summed E-state index contributed by atoms with van der Waals surface area (Å²) in [5.41, 5.74) is 2.22. The fourth-order valence-electron chi connectivity index (χ4n) is 2.48. The standard InChI is InChI=1S/C19H18N2O4S3/c1-21(22)19(26)27-12-16-20-17(18(25-16)14-6-4-3-5-7-14)13-8-10-15(11-9-13)28(2,23)24/h3-11,22H,12H2,1-2H3. The van der Waals surface area contributed by atoms with E-state index < -0.39 is 9.84 Å². The number of hydrogen-bond donors (Lipinski definition) is 1. The summed E-state index contributed by atoms with van der Waals surface area (Å²) in [7, 11) is -1.82. The molecule has 0 amide bonds. The predicted molar refractivity (Wildman–Crippen MR) is 114 cm³/mol. The van der Waals surface area contributed by atoms with Crippen molar-refractivity contribution < 1.29 is 18.0 Å². The third-order valence-corrected chi connectivity index (χ3v) is 6.50. The Kier molecular flexibility index (Phi) is 6.19. The molecule has 0 aliphatic rings. The van der Waals surface area contributed by atoms with Crippen LogP contribution in [0, 0.1) is 0 Å². The zero-order valence-corrected chi connectivity index (χ0v) is 17.6. The molecule has 9 heteroatoms. The molecule has 0 bridgehead atoms. The highest BCUT2D eigenvalue weighted by Crippen LogP contribution is 2.34. The maximum absolute atomic E-state index is 11.7. The molecule has 0 radical (unpaired) electrons. The molecule has 0 saturated heterocycles. The Hall–Kier alpha value is -2.20. The zero-order valence-electron chi connectivity index (χ0n) is 15.2. The number of aromatic nitrogens is 1. The van der Waals surface area contributed by atoms with Crippen LogP contribution in [0.3, 0.4) is 0 Å². The van der Waals surface area contributed by atoms with Gasteiger partial charge >= 0.3 is 0 Å². The average molecular weight is 435 g/mol. The Morgan fingerprint density at radius 3 is 2.36 bits per heavy atom. The number of benzene rings is 2. The van der Waals surface area contributed by atoms with E-state index in [1.54, 1.807) is 24.3 Å². The number of hydroxylamine groups is 2. The van der Waals surface area contributed by atoms with Gasteiger partial charge in [0.05, 0.1) is 10.6 Å². The second-order valence-electron chi connectivity index (χ2n) is 6.03. The molecule has 0 unspecified atom stereocenters. The minimum absolute atomic E-state index is 0.244. The van der Waals surface area contributed by atoms with E-state index in [2.05, 4.69) is 4.98 Å². The van der Waals surface area contributed by atoms with Gasteiger partial charge in [-0.15, -0.1) is 0 Å². The van der Waals surface area contributed by atoms with Gasteiger partial charge in [-0.1, -0.05) is 66.4 Å². The van der Waals surface area contributed by atoms with Crippen LogP contribution in [0.2, 0.25) is 0 Å². The molecule has 0 spiro atoms. The Morgan fingerprint density at radius 2 is 1.79 bits per heavy atom. The van der Waals surface area contributed by atoms with Gasteiger partial charge in [0, 0.05) is 24.4 Å². The van der Waals surface area contributed by atoms with Gasteiger partial charge in [0.2, 0.25) is 5.89 Å². The van der Waals surface area contributed by atoms with Crippen molar-refractivity contribution in [2.45, 2.75) is 10.6 Å². The monoisotopic (exact) mass is 434 g/mol. The lowest BCUT2D eigenvalue weighted by molar-refractivity contribution is 0.0205. The van der Waals surface area contributed by atoms with Crippen LogP contribution >= 0.6 is 24.0 Å². The molecule has 0 atom stereocenters. The summed E-state index contributed by atoms with van der Waals surface area (Å²) in [4.78, 5) is 4.83. The number of thioether (sulfide) groups is 1. The number of thiocarbonyl (C=S) groups is 1. The van der Waals surface area contributed by atoms with Crippen molar-refractivity contribution in [3.8, 4) is 22.6 Å². The molecule has 28 heavy (non-hydrogen) atoms. The van der Waals surface area contributed by atoms with E-state index in [1.807, 2.05) is 30.3 Å². The minimum atomic E-state index is -3.27. The summed E-state index contributed by atoms with van der Waals surface area (Å²) in [5, 5.41) is 10.2. The maximum Gasteiger partial charge on any atom is 0.205 e. The van der Waals surface area contributed by atoms with Crippen LogP contribution < -0.4 is 0 Å². The molecule has 1 aromatic heterocycles. The van der Waals surface area contributed by atoms with Gasteiger partial charge < -0.3 is 4.42 Å². The van der Waals surface area contributed by atoms with Gasteiger partial charge in [-0.2, -0.15) is 0 Å². The van der Waals surface area contributed by atoms with Crippen LogP contribution in [-0.4, -0.2) is 41.3 Å². The first-order valence-electron chi connectivity index (χ1n) is 8.20. The van der Waals surface area contributed by atoms with E-state index in [9.17, 15) is 13.6 Å². The summed E-state index contributed by atoms with van der Waals surface area (Å²) in [6.07, 6.45) is 1.17. The molecule has 3 aromatic rings. The lowest BCUT2D eigenvalue weighted by atomic mass is 10.1. The molecule has 1 N–H and O–H groups in total. The van der Waals surface area contributed by atoms with Gasteiger partial charge in [-0.05, 0) is 12.1 Å². The topological polar surface area (TPSA) is 83.6 Å². The van der Waals surface area contributed by atoms with Crippen molar-refractivity contribution in [1.82, 2.24) is 10.0 Å². The van der Waals surface area contributed by atoms with Gasteiger partial charge in [0.25, 0.3) is 0 Å². The number of sulfone groups is 1. The molecule has 146 valence electrons. The van der Waals surface area contributed by atoms with Gasteiger partial charge in [-0.25, -0.2) is 18.5 Å². The lowest BCUT2D eigenvalue weighted by Gasteiger charge is -2.08. The third-order valence-electron chi connectivity index (χ3n) is 3.85. The summed E-state index contributed by atoms with van der Waals surface area (Å²) in [6, 6.07) is 16.1. The molecule has 2 aromatic carbocycles. The van der Waals surface area contributed by atoms with E-state index in [0.29, 0.717) is 27.4 Å². The van der Waals surface area contributed by atoms with Crippen molar-refractivity contribution in [1.29, 1.82) is 0 Å². The normalized spacial score (nSPS) is 11.4.